The van der Waals surface area contributed by atoms with Crippen LogP contribution >= 0.6 is 0 Å². The van der Waals surface area contributed by atoms with Crippen LogP contribution in [0.25, 0.3) is 21.8 Å². The minimum absolute atomic E-state index is 0.0202. The molecule has 0 saturated carbocycles. The highest BCUT2D eigenvalue weighted by Crippen LogP contribution is 2.31. The molecule has 3 N–H and O–H groups in total. The van der Waals surface area contributed by atoms with Crippen LogP contribution in [0, 0.1) is 5.41 Å². The number of nitrogens with zero attached hydrogens (tertiary/aromatic N) is 3. The van der Waals surface area contributed by atoms with Crippen molar-refractivity contribution in [1.82, 2.24) is 4.57 Å². The minimum atomic E-state index is 0.0202. The third-order valence-corrected chi connectivity index (χ3v) is 4.86. The average Bonchev–Trinajstić information content (AvgIpc) is 3.06. The molecule has 0 fully saturated rings. The number of methoxy groups -OCH3 is 2. The summed E-state index contributed by atoms with van der Waals surface area (Å²) in [5.41, 5.74) is 3.75. The predicted molar refractivity (Wildman–Crippen MR) is 120 cm³/mol. The Kier molecular flexibility index (Phi) is 6.32. The fourth-order valence-electron chi connectivity index (χ4n) is 3.39. The van der Waals surface area contributed by atoms with Gasteiger partial charge in [-0.2, -0.15) is 0 Å². The lowest BCUT2D eigenvalue weighted by molar-refractivity contribution is 0.293. The average molecular weight is 403 g/mol. The molecule has 1 heterocycles. The first-order valence-electron chi connectivity index (χ1n) is 9.35. The monoisotopic (exact) mass is 403 g/mol. The number of para-hydroxylation sites is 1. The number of ether oxygens (including phenoxy) is 2. The molecule has 0 bridgehead atoms. The molecular formula is C23H25N5O2. The van der Waals surface area contributed by atoms with Gasteiger partial charge in [0.05, 0.1) is 20.0 Å². The fourth-order valence-corrected chi connectivity index (χ4v) is 3.39. The molecule has 0 aliphatic rings. The minimum Gasteiger partial charge on any atom is -0.501 e. The second kappa shape index (κ2) is 9.09. The molecule has 0 amide bonds. The Hall–Kier alpha value is -3.87. The van der Waals surface area contributed by atoms with Gasteiger partial charge in [0, 0.05) is 33.9 Å². The van der Waals surface area contributed by atoms with Gasteiger partial charge < -0.3 is 19.9 Å². The number of nitrogens with two attached hydrogens (primary N) is 1. The van der Waals surface area contributed by atoms with E-state index in [0.29, 0.717) is 17.9 Å². The molecule has 7 heteroatoms. The number of amidine groups is 1. The van der Waals surface area contributed by atoms with E-state index in [0.717, 1.165) is 33.1 Å². The quantitative estimate of drug-likeness (QED) is 0.109. The van der Waals surface area contributed by atoms with E-state index in [2.05, 4.69) is 33.6 Å². The third-order valence-electron chi connectivity index (χ3n) is 4.86. The van der Waals surface area contributed by atoms with Crippen LogP contribution in [0.4, 0.5) is 0 Å². The van der Waals surface area contributed by atoms with Crippen molar-refractivity contribution in [3.8, 4) is 0 Å². The Balaban J connectivity index is 2.19. The molecule has 0 spiro atoms. The molecule has 1 aromatic heterocycles. The topological polar surface area (TPSA) is 98.0 Å². The van der Waals surface area contributed by atoms with Crippen LogP contribution in [0.2, 0.25) is 0 Å². The zero-order valence-corrected chi connectivity index (χ0v) is 17.3. The van der Waals surface area contributed by atoms with Gasteiger partial charge in [0.15, 0.2) is 5.84 Å². The van der Waals surface area contributed by atoms with Gasteiger partial charge in [-0.15, -0.1) is 5.11 Å². The van der Waals surface area contributed by atoms with Gasteiger partial charge in [0.25, 0.3) is 0 Å². The summed E-state index contributed by atoms with van der Waals surface area (Å²) in [6.45, 7) is 6.41. The summed E-state index contributed by atoms with van der Waals surface area (Å²) in [5.74, 6) is 6.48. The second-order valence-electron chi connectivity index (χ2n) is 6.75. The lowest BCUT2D eigenvalue weighted by atomic mass is 10.1. The summed E-state index contributed by atoms with van der Waals surface area (Å²) in [4.78, 5) is 0. The van der Waals surface area contributed by atoms with Gasteiger partial charge in [-0.25, -0.2) is 0 Å². The smallest absolute Gasteiger partial charge is 0.176 e. The van der Waals surface area contributed by atoms with E-state index in [-0.39, 0.29) is 5.84 Å². The molecule has 3 aromatic rings. The first kappa shape index (κ1) is 20.9. The molecule has 0 radical (unpaired) electrons. The van der Waals surface area contributed by atoms with Crippen molar-refractivity contribution in [3.63, 3.8) is 0 Å². The molecule has 0 saturated heterocycles. The zero-order valence-electron chi connectivity index (χ0n) is 17.3. The summed E-state index contributed by atoms with van der Waals surface area (Å²) in [6.07, 6.45) is 3.87. The number of hydrogen-bond acceptors (Lipinski definition) is 4. The molecule has 154 valence electrons. The molecule has 0 atom stereocenters. The van der Waals surface area contributed by atoms with Gasteiger partial charge >= 0.3 is 0 Å². The Bertz CT molecular complexity index is 1200. The standard InChI is InChI=1S/C23H25N5O2/c1-15(29-3)11-17(12-16(2)30-4)14-28-21-8-6-5-7-19(21)20-13-18(9-10-22(20)28)23(24)26-27-25/h5-13H,1,14H2,2-4H3,(H3,24,25,26)/b16-12+,17-11+. The lowest BCUT2D eigenvalue weighted by Crippen LogP contribution is -2.02. The normalized spacial score (nSPS) is 12.6. The van der Waals surface area contributed by atoms with Crippen LogP contribution in [0.1, 0.15) is 12.5 Å². The van der Waals surface area contributed by atoms with Crippen LogP contribution < -0.4 is 5.84 Å². The van der Waals surface area contributed by atoms with Crippen LogP contribution in [0.3, 0.4) is 0 Å². The highest BCUT2D eigenvalue weighted by Gasteiger charge is 2.13. The maximum Gasteiger partial charge on any atom is 0.176 e. The summed E-state index contributed by atoms with van der Waals surface area (Å²) in [7, 11) is 3.24. The summed E-state index contributed by atoms with van der Waals surface area (Å²) in [6, 6.07) is 13.9. The van der Waals surface area contributed by atoms with Gasteiger partial charge in [-0.1, -0.05) is 30.0 Å². The first-order chi connectivity index (χ1) is 14.5. The van der Waals surface area contributed by atoms with Crippen LogP contribution in [-0.2, 0) is 16.0 Å². The van der Waals surface area contributed by atoms with Crippen molar-refractivity contribution < 1.29 is 9.47 Å². The van der Waals surface area contributed by atoms with Crippen LogP contribution in [0.5, 0.6) is 0 Å². The SMILES string of the molecule is C=C(/C=C(\C=C(/C)OC)Cn1c2ccccc2c2cc(C(=N)N=NN)ccc21)OC. The highest BCUT2D eigenvalue weighted by molar-refractivity contribution is 6.11. The van der Waals surface area contributed by atoms with Crippen molar-refractivity contribution in [3.05, 3.63) is 83.9 Å². The number of benzene rings is 2. The van der Waals surface area contributed by atoms with E-state index in [9.17, 15) is 0 Å². The van der Waals surface area contributed by atoms with Crippen molar-refractivity contribution in [2.45, 2.75) is 13.5 Å². The molecule has 30 heavy (non-hydrogen) atoms. The number of hydrogen-bond donors (Lipinski definition) is 2. The number of aromatic nitrogens is 1. The van der Waals surface area contributed by atoms with Crippen LogP contribution in [0.15, 0.2) is 88.6 Å². The van der Waals surface area contributed by atoms with E-state index < -0.39 is 0 Å². The Morgan fingerprint density at radius 2 is 1.83 bits per heavy atom. The van der Waals surface area contributed by atoms with Crippen molar-refractivity contribution in [2.24, 2.45) is 16.2 Å². The second-order valence-corrected chi connectivity index (χ2v) is 6.75. The molecule has 0 aliphatic carbocycles. The highest BCUT2D eigenvalue weighted by atomic mass is 16.5. The van der Waals surface area contributed by atoms with Crippen LogP contribution in [-0.4, -0.2) is 24.6 Å². The van der Waals surface area contributed by atoms with Crippen molar-refractivity contribution >= 4 is 27.6 Å². The van der Waals surface area contributed by atoms with E-state index in [1.54, 1.807) is 14.2 Å². The predicted octanol–water partition coefficient (Wildman–Crippen LogP) is 5.08. The summed E-state index contributed by atoms with van der Waals surface area (Å²) < 4.78 is 12.8. The number of allylic oxidation sites excluding steroid dienone is 4. The summed E-state index contributed by atoms with van der Waals surface area (Å²) >= 11 is 0. The number of rotatable bonds is 7. The number of fused-ring (bicyclic) bond motifs is 3. The van der Waals surface area contributed by atoms with E-state index in [1.165, 1.54) is 0 Å². The third kappa shape index (κ3) is 4.25. The van der Waals surface area contributed by atoms with Gasteiger partial charge in [0.1, 0.15) is 5.76 Å². The zero-order chi connectivity index (χ0) is 21.7. The molecular weight excluding hydrogens is 378 g/mol. The largest absolute Gasteiger partial charge is 0.501 e. The molecule has 2 aromatic carbocycles. The molecule has 7 nitrogen and oxygen atoms in total. The molecule has 0 aliphatic heterocycles. The van der Waals surface area contributed by atoms with Gasteiger partial charge in [-0.3, -0.25) is 5.41 Å². The number of nitrogens with one attached hydrogen (secondary N) is 1. The van der Waals surface area contributed by atoms with E-state index in [1.807, 2.05) is 49.4 Å². The Morgan fingerprint density at radius 1 is 1.10 bits per heavy atom. The molecule has 0 unspecified atom stereocenters. The lowest BCUT2D eigenvalue weighted by Gasteiger charge is -2.11. The van der Waals surface area contributed by atoms with Gasteiger partial charge in [0.2, 0.25) is 0 Å². The van der Waals surface area contributed by atoms with Crippen molar-refractivity contribution in [2.75, 3.05) is 14.2 Å². The van der Waals surface area contributed by atoms with E-state index in [4.69, 9.17) is 20.7 Å². The maximum atomic E-state index is 8.03. The van der Waals surface area contributed by atoms with Gasteiger partial charge in [-0.05, 0) is 48.9 Å². The summed E-state index contributed by atoms with van der Waals surface area (Å²) in [5, 5.41) is 17.0. The van der Waals surface area contributed by atoms with E-state index >= 15 is 0 Å². The Morgan fingerprint density at radius 3 is 2.53 bits per heavy atom. The van der Waals surface area contributed by atoms with Crippen molar-refractivity contribution in [1.29, 1.82) is 5.41 Å². The first-order valence-corrected chi connectivity index (χ1v) is 9.35. The maximum absolute atomic E-state index is 8.03. The Labute approximate surface area is 175 Å². The fraction of sp³-hybridized carbons (Fsp3) is 0.174. The molecule has 3 rings (SSSR count).